The molecule has 0 aliphatic heterocycles. The van der Waals surface area contributed by atoms with Crippen molar-refractivity contribution in [2.75, 3.05) is 0 Å². The smallest absolute Gasteiger partial charge is 0.253 e. The van der Waals surface area contributed by atoms with Crippen molar-refractivity contribution in [1.29, 1.82) is 0 Å². The Labute approximate surface area is 151 Å². The summed E-state index contributed by atoms with van der Waals surface area (Å²) in [6.07, 6.45) is 1.47. The summed E-state index contributed by atoms with van der Waals surface area (Å²) in [5.41, 5.74) is 1.78. The summed E-state index contributed by atoms with van der Waals surface area (Å²) >= 11 is 0. The predicted molar refractivity (Wildman–Crippen MR) is 99.3 cm³/mol. The van der Waals surface area contributed by atoms with Gasteiger partial charge in [-0.2, -0.15) is 0 Å². The quantitative estimate of drug-likeness (QED) is 0.710. The number of pyridine rings is 1. The highest BCUT2D eigenvalue weighted by Gasteiger charge is 2.11. The summed E-state index contributed by atoms with van der Waals surface area (Å²) in [4.78, 5) is 21.0. The fraction of sp³-hybridized carbons (Fsp3) is 0.250. The number of aryl methyl sites for hydroxylation is 1. The van der Waals surface area contributed by atoms with Crippen molar-refractivity contribution in [2.24, 2.45) is 7.05 Å². The van der Waals surface area contributed by atoms with E-state index in [2.05, 4.69) is 27.1 Å². The third-order valence-electron chi connectivity index (χ3n) is 3.81. The second-order valence-corrected chi connectivity index (χ2v) is 6.50. The van der Waals surface area contributed by atoms with Crippen LogP contribution in [0.15, 0.2) is 42.6 Å². The fourth-order valence-corrected chi connectivity index (χ4v) is 2.43. The third-order valence-corrected chi connectivity index (χ3v) is 3.81. The minimum atomic E-state index is -1.08. The average Bonchev–Trinajstić information content (AvgIpc) is 2.94. The first-order chi connectivity index (χ1) is 12.3. The highest BCUT2D eigenvalue weighted by molar-refractivity contribution is 5.93. The van der Waals surface area contributed by atoms with Crippen LogP contribution in [0.4, 0.5) is 0 Å². The number of carbonyl (C=O) groups excluding carboxylic acids is 1. The SMILES string of the molecule is Cn1c(CNC(=O)c2ccc(C#CC(C)(C)O)nc2)nc2ccccc21. The topological polar surface area (TPSA) is 80.0 Å². The van der Waals surface area contributed by atoms with Crippen LogP contribution in [0.2, 0.25) is 0 Å². The van der Waals surface area contributed by atoms with Gasteiger partial charge in [-0.3, -0.25) is 4.79 Å². The second-order valence-electron chi connectivity index (χ2n) is 6.50. The van der Waals surface area contributed by atoms with E-state index in [4.69, 9.17) is 0 Å². The molecule has 0 spiro atoms. The fourth-order valence-electron chi connectivity index (χ4n) is 2.43. The number of rotatable bonds is 3. The van der Waals surface area contributed by atoms with Gasteiger partial charge in [-0.05, 0) is 44.0 Å². The molecule has 3 aromatic rings. The summed E-state index contributed by atoms with van der Waals surface area (Å²) in [5.74, 6) is 6.01. The van der Waals surface area contributed by atoms with Crippen molar-refractivity contribution in [3.8, 4) is 11.8 Å². The van der Waals surface area contributed by atoms with Crippen molar-refractivity contribution in [2.45, 2.75) is 26.0 Å². The zero-order chi connectivity index (χ0) is 18.7. The zero-order valence-corrected chi connectivity index (χ0v) is 14.9. The Bertz CT molecular complexity index is 1000. The maximum absolute atomic E-state index is 12.3. The van der Waals surface area contributed by atoms with E-state index in [9.17, 15) is 9.90 Å². The van der Waals surface area contributed by atoms with E-state index in [1.165, 1.54) is 6.20 Å². The number of carbonyl (C=O) groups is 1. The van der Waals surface area contributed by atoms with Crippen molar-refractivity contribution in [1.82, 2.24) is 19.9 Å². The number of para-hydroxylation sites is 2. The Balaban J connectivity index is 1.68. The number of nitrogens with zero attached hydrogens (tertiary/aromatic N) is 3. The van der Waals surface area contributed by atoms with Gasteiger partial charge in [0.25, 0.3) is 5.91 Å². The molecule has 6 heteroatoms. The summed E-state index contributed by atoms with van der Waals surface area (Å²) in [5, 5.41) is 12.5. The molecule has 2 aromatic heterocycles. The normalized spacial score (nSPS) is 11.1. The van der Waals surface area contributed by atoms with Gasteiger partial charge < -0.3 is 15.0 Å². The van der Waals surface area contributed by atoms with E-state index >= 15 is 0 Å². The third kappa shape index (κ3) is 4.08. The standard InChI is InChI=1S/C20H20N4O2/c1-20(2,26)11-10-15-9-8-14(12-21-15)19(25)22-13-18-23-16-6-4-5-7-17(16)24(18)3/h4-9,12,26H,13H2,1-3H3,(H,22,25). The second kappa shape index (κ2) is 6.98. The Morgan fingerprint density at radius 2 is 2.04 bits per heavy atom. The Morgan fingerprint density at radius 3 is 2.69 bits per heavy atom. The van der Waals surface area contributed by atoms with Gasteiger partial charge in [-0.25, -0.2) is 9.97 Å². The lowest BCUT2D eigenvalue weighted by molar-refractivity contribution is 0.0949. The average molecular weight is 348 g/mol. The number of amides is 1. The number of fused-ring (bicyclic) bond motifs is 1. The van der Waals surface area contributed by atoms with E-state index in [1.54, 1.807) is 26.0 Å². The van der Waals surface area contributed by atoms with Crippen LogP contribution in [0.25, 0.3) is 11.0 Å². The van der Waals surface area contributed by atoms with Gasteiger partial charge in [0.15, 0.2) is 0 Å². The van der Waals surface area contributed by atoms with Gasteiger partial charge in [0.2, 0.25) is 0 Å². The predicted octanol–water partition coefficient (Wildman–Crippen LogP) is 2.02. The van der Waals surface area contributed by atoms with Crippen LogP contribution in [0.5, 0.6) is 0 Å². The van der Waals surface area contributed by atoms with Crippen molar-refractivity contribution >= 4 is 16.9 Å². The van der Waals surface area contributed by atoms with E-state index < -0.39 is 5.60 Å². The molecule has 0 aliphatic carbocycles. The molecule has 6 nitrogen and oxygen atoms in total. The van der Waals surface area contributed by atoms with E-state index in [1.807, 2.05) is 35.9 Å². The lowest BCUT2D eigenvalue weighted by atomic mass is 10.1. The van der Waals surface area contributed by atoms with Gasteiger partial charge >= 0.3 is 0 Å². The summed E-state index contributed by atoms with van der Waals surface area (Å²) in [6.45, 7) is 3.52. The molecule has 2 N–H and O–H groups in total. The molecule has 3 rings (SSSR count). The van der Waals surface area contributed by atoms with Crippen LogP contribution < -0.4 is 5.32 Å². The lowest BCUT2D eigenvalue weighted by Gasteiger charge is -2.06. The summed E-state index contributed by atoms with van der Waals surface area (Å²) in [6, 6.07) is 11.1. The van der Waals surface area contributed by atoms with Crippen LogP contribution in [0.1, 0.15) is 35.7 Å². The van der Waals surface area contributed by atoms with Crippen LogP contribution in [0, 0.1) is 11.8 Å². The minimum Gasteiger partial charge on any atom is -0.378 e. The minimum absolute atomic E-state index is 0.230. The number of nitrogens with one attached hydrogen (secondary N) is 1. The van der Waals surface area contributed by atoms with Crippen LogP contribution in [0.3, 0.4) is 0 Å². The monoisotopic (exact) mass is 348 g/mol. The molecule has 1 aromatic carbocycles. The number of benzene rings is 1. The molecule has 26 heavy (non-hydrogen) atoms. The molecule has 0 unspecified atom stereocenters. The molecule has 0 bridgehead atoms. The number of hydrogen-bond donors (Lipinski definition) is 2. The zero-order valence-electron chi connectivity index (χ0n) is 14.9. The molecule has 0 saturated heterocycles. The molecule has 0 atom stereocenters. The first kappa shape index (κ1) is 17.6. The molecule has 0 radical (unpaired) electrons. The largest absolute Gasteiger partial charge is 0.378 e. The molecule has 132 valence electrons. The van der Waals surface area contributed by atoms with Gasteiger partial charge in [0.1, 0.15) is 17.1 Å². The van der Waals surface area contributed by atoms with Crippen LogP contribution in [-0.2, 0) is 13.6 Å². The molecule has 1 amide bonds. The van der Waals surface area contributed by atoms with Gasteiger partial charge in [0.05, 0.1) is 23.1 Å². The summed E-state index contributed by atoms with van der Waals surface area (Å²) < 4.78 is 1.96. The molecule has 0 saturated carbocycles. The van der Waals surface area contributed by atoms with Gasteiger partial charge in [-0.15, -0.1) is 0 Å². The van der Waals surface area contributed by atoms with Gasteiger partial charge in [-0.1, -0.05) is 18.1 Å². The molecule has 0 fully saturated rings. The maximum Gasteiger partial charge on any atom is 0.253 e. The maximum atomic E-state index is 12.3. The van der Waals surface area contributed by atoms with Gasteiger partial charge in [0, 0.05) is 13.2 Å². The first-order valence-electron chi connectivity index (χ1n) is 8.23. The number of hydrogen-bond acceptors (Lipinski definition) is 4. The molecular formula is C20H20N4O2. The highest BCUT2D eigenvalue weighted by atomic mass is 16.3. The Kier molecular flexibility index (Phi) is 4.74. The van der Waals surface area contributed by atoms with Crippen LogP contribution in [-0.4, -0.2) is 31.1 Å². The first-order valence-corrected chi connectivity index (χ1v) is 8.23. The number of aromatic nitrogens is 3. The molecular weight excluding hydrogens is 328 g/mol. The lowest BCUT2D eigenvalue weighted by Crippen LogP contribution is -2.24. The number of aliphatic hydroxyl groups is 1. The molecule has 0 aliphatic rings. The van der Waals surface area contributed by atoms with Crippen LogP contribution >= 0.6 is 0 Å². The van der Waals surface area contributed by atoms with Crippen molar-refractivity contribution < 1.29 is 9.90 Å². The van der Waals surface area contributed by atoms with E-state index in [0.29, 0.717) is 17.8 Å². The van der Waals surface area contributed by atoms with Crippen molar-refractivity contribution in [3.63, 3.8) is 0 Å². The Hall–Kier alpha value is -3.17. The number of imidazole rings is 1. The molecule has 2 heterocycles. The Morgan fingerprint density at radius 1 is 1.27 bits per heavy atom. The van der Waals surface area contributed by atoms with E-state index in [0.717, 1.165) is 16.9 Å². The summed E-state index contributed by atoms with van der Waals surface area (Å²) in [7, 11) is 1.93. The van der Waals surface area contributed by atoms with E-state index in [-0.39, 0.29) is 5.91 Å². The highest BCUT2D eigenvalue weighted by Crippen LogP contribution is 2.14. The van der Waals surface area contributed by atoms with Crippen molar-refractivity contribution in [3.05, 3.63) is 59.7 Å².